The van der Waals surface area contributed by atoms with Crippen molar-refractivity contribution in [3.63, 3.8) is 0 Å². The summed E-state index contributed by atoms with van der Waals surface area (Å²) in [6, 6.07) is 12.6. The fraction of sp³-hybridized carbons (Fsp3) is 0.568. The Morgan fingerprint density at radius 3 is 1.41 bits per heavy atom. The van der Waals surface area contributed by atoms with E-state index in [1.807, 2.05) is 41.7 Å². The Morgan fingerprint density at radius 1 is 0.661 bits per heavy atom. The van der Waals surface area contributed by atoms with E-state index in [1.165, 1.54) is 86.3 Å². The van der Waals surface area contributed by atoms with Crippen molar-refractivity contribution in [3.05, 3.63) is 67.6 Å². The summed E-state index contributed by atoms with van der Waals surface area (Å²) in [5.74, 6) is 5.93. The Kier molecular flexibility index (Phi) is 25.3. The summed E-state index contributed by atoms with van der Waals surface area (Å²) in [4.78, 5) is 14.3. The summed E-state index contributed by atoms with van der Waals surface area (Å²) < 4.78 is 2.13. The third-order valence-corrected chi connectivity index (χ3v) is 13.5. The number of hydrogen-bond donors (Lipinski definition) is 7. The molecule has 2 aromatic carbocycles. The first-order chi connectivity index (χ1) is 25.6. The van der Waals surface area contributed by atoms with Crippen LogP contribution in [-0.2, 0) is 23.0 Å². The Labute approximate surface area is 389 Å². The molecule has 3 aliphatic carbocycles. The van der Waals surface area contributed by atoms with Crippen LogP contribution >= 0.6 is 113 Å². The lowest BCUT2D eigenvalue weighted by Crippen LogP contribution is -2.42. The number of nitrogens with one attached hydrogen (secondary N) is 4. The number of halogens is 4. The lowest BCUT2D eigenvalue weighted by atomic mass is 10.1. The second-order valence-corrected chi connectivity index (χ2v) is 19.7. The lowest BCUT2D eigenvalue weighted by Gasteiger charge is -2.27. The summed E-state index contributed by atoms with van der Waals surface area (Å²) in [6.07, 6.45) is 8.35. The van der Waals surface area contributed by atoms with Gasteiger partial charge in [-0.05, 0) is 109 Å². The van der Waals surface area contributed by atoms with Gasteiger partial charge in [0, 0.05) is 45.0 Å². The van der Waals surface area contributed by atoms with Gasteiger partial charge < -0.3 is 27.8 Å². The molecule has 0 amide bonds. The summed E-state index contributed by atoms with van der Waals surface area (Å²) in [6.45, 7) is 6.81. The van der Waals surface area contributed by atoms with Gasteiger partial charge in [0.05, 0.1) is 26.7 Å². The van der Waals surface area contributed by atoms with Gasteiger partial charge in [-0.15, -0.1) is 34.0 Å². The molecule has 10 N–H and O–H groups in total. The average Bonchev–Trinajstić information content (AvgIpc) is 3.99. The zero-order valence-electron chi connectivity index (χ0n) is 30.9. The zero-order chi connectivity index (χ0) is 37.6. The van der Waals surface area contributed by atoms with Crippen molar-refractivity contribution >= 4 is 134 Å². The minimum atomic E-state index is 0. The zero-order valence-corrected chi connectivity index (χ0v) is 40.8. The minimum Gasteiger partial charge on any atom is -0.379 e. The molecule has 2 aliphatic heterocycles. The normalized spacial score (nSPS) is 17.6. The number of hydrogen-bond acceptors (Lipinski definition) is 13. The number of aliphatic imine (C=N–C) groups is 2. The summed E-state index contributed by atoms with van der Waals surface area (Å²) in [5.41, 5.74) is 20.8. The molecule has 0 unspecified atom stereocenters. The second kappa shape index (κ2) is 27.4. The Hall–Kier alpha value is -0.480. The highest BCUT2D eigenvalue weighted by Gasteiger charge is 2.26. The van der Waals surface area contributed by atoms with Crippen molar-refractivity contribution in [3.8, 4) is 0 Å². The molecule has 314 valence electrons. The van der Waals surface area contributed by atoms with E-state index in [1.54, 1.807) is 0 Å². The molecule has 2 aromatic rings. The van der Waals surface area contributed by atoms with Crippen LogP contribution in [0.3, 0.4) is 0 Å². The van der Waals surface area contributed by atoms with Crippen LogP contribution in [0.25, 0.3) is 0 Å². The lowest BCUT2D eigenvalue weighted by molar-refractivity contribution is 0.256. The predicted molar refractivity (Wildman–Crippen MR) is 266 cm³/mol. The molecule has 0 radical (unpaired) electrons. The van der Waals surface area contributed by atoms with Crippen LogP contribution in [0.4, 0.5) is 0 Å². The Bertz CT molecular complexity index is 1590. The van der Waals surface area contributed by atoms with E-state index in [4.69, 9.17) is 38.0 Å². The Morgan fingerprint density at radius 2 is 1.05 bits per heavy atom. The molecule has 3 fully saturated rings. The van der Waals surface area contributed by atoms with Crippen LogP contribution in [-0.4, -0.2) is 76.8 Å². The predicted octanol–water partition coefficient (Wildman–Crippen LogP) is 8.94. The van der Waals surface area contributed by atoms with Crippen molar-refractivity contribution in [2.24, 2.45) is 44.9 Å². The van der Waals surface area contributed by atoms with E-state index >= 15 is 0 Å². The van der Waals surface area contributed by atoms with Crippen LogP contribution in [0.15, 0.2) is 55.3 Å². The van der Waals surface area contributed by atoms with Gasteiger partial charge in [-0.1, -0.05) is 98.5 Å². The van der Waals surface area contributed by atoms with Crippen molar-refractivity contribution in [1.29, 1.82) is 10.8 Å². The van der Waals surface area contributed by atoms with E-state index in [0.717, 1.165) is 92.9 Å². The summed E-state index contributed by atoms with van der Waals surface area (Å²) in [7, 11) is 0. The number of nitrogens with zero attached hydrogens (tertiary/aromatic N) is 4. The van der Waals surface area contributed by atoms with Gasteiger partial charge >= 0.3 is 0 Å². The van der Waals surface area contributed by atoms with Gasteiger partial charge in [-0.3, -0.25) is 20.6 Å². The smallest absolute Gasteiger partial charge is 0.159 e. The second-order valence-electron chi connectivity index (χ2n) is 13.9. The number of benzene rings is 2. The maximum Gasteiger partial charge on any atom is 0.159 e. The van der Waals surface area contributed by atoms with Crippen LogP contribution < -0.4 is 27.8 Å². The molecule has 2 heterocycles. The number of thioether (sulfide) groups is 4. The summed E-state index contributed by atoms with van der Waals surface area (Å²) >= 11 is 13.3. The monoisotopic (exact) mass is 1100 g/mol. The van der Waals surface area contributed by atoms with Gasteiger partial charge in [-0.25, -0.2) is 9.98 Å². The third kappa shape index (κ3) is 20.7. The SMILES string of the molecule is Br.Br.Brc1ccc(CSC2=NCN(CC3CC3)CN2)c(CSC2=NCN(CC3CC3)CN2)c1.C.N=C(N)SCc1ccc(Br)cc1CSC(=N)N.NCC1CC1. The molecule has 56 heavy (non-hydrogen) atoms. The van der Waals surface area contributed by atoms with Crippen molar-refractivity contribution in [2.45, 2.75) is 69.0 Å². The van der Waals surface area contributed by atoms with Crippen LogP contribution in [0.5, 0.6) is 0 Å². The van der Waals surface area contributed by atoms with E-state index in [0.29, 0.717) is 11.5 Å². The molecule has 0 saturated heterocycles. The van der Waals surface area contributed by atoms with Gasteiger partial charge in [0.2, 0.25) is 0 Å². The fourth-order valence-electron chi connectivity index (χ4n) is 5.36. The van der Waals surface area contributed by atoms with E-state index in [9.17, 15) is 0 Å². The van der Waals surface area contributed by atoms with E-state index in [2.05, 4.69) is 70.5 Å². The summed E-state index contributed by atoms with van der Waals surface area (Å²) in [5, 5.41) is 23.8. The molecule has 11 nitrogen and oxygen atoms in total. The van der Waals surface area contributed by atoms with Gasteiger partial charge in [0.1, 0.15) is 0 Å². The molecule has 0 aromatic heterocycles. The quantitative estimate of drug-likeness (QED) is 0.0752. The standard InChI is InChI=1S/C22H31BrN6S2.C10H13BrN4S2.C4H9N.CH4.2BrH/c23-20-6-5-18(10-30-21-24-12-28(13-25-21)8-16-1-2-16)19(7-20)11-31-22-26-14-29(15-27-22)9-17-3-4-17;11-8-2-1-6(4-16-9(12)13)7(3-8)5-17-10(14)15;5-3-4-1-2-4;;;/h5-7,16-17H,1-4,8-15H2,(H,24,25)(H,26,27);1-3H,4-5H2,(H3,12,13)(H3,14,15);4H,1-3,5H2;1H4;2*1H. The highest BCUT2D eigenvalue weighted by Crippen LogP contribution is 2.32. The molecule has 0 atom stereocenters. The first-order valence-electron chi connectivity index (χ1n) is 18.1. The molecule has 0 bridgehead atoms. The van der Waals surface area contributed by atoms with E-state index in [-0.39, 0.29) is 51.7 Å². The fourth-order valence-corrected chi connectivity index (χ4v) is 9.12. The first kappa shape index (κ1) is 51.7. The molecule has 19 heteroatoms. The molecule has 7 rings (SSSR count). The molecule has 3 saturated carbocycles. The molecular weight excluding hydrogens is 1050 g/mol. The first-order valence-corrected chi connectivity index (χ1v) is 23.6. The van der Waals surface area contributed by atoms with E-state index < -0.39 is 0 Å². The van der Waals surface area contributed by atoms with Crippen LogP contribution in [0.1, 0.15) is 68.2 Å². The third-order valence-electron chi connectivity index (χ3n) is 9.03. The number of amidine groups is 4. The average molecular weight is 1110 g/mol. The Balaban J connectivity index is 0.000000367. The maximum absolute atomic E-state index is 7.21. The minimum absolute atomic E-state index is 0. The highest BCUT2D eigenvalue weighted by molar-refractivity contribution is 9.10. The number of nitrogens with two attached hydrogens (primary N) is 3. The van der Waals surface area contributed by atoms with Crippen LogP contribution in [0.2, 0.25) is 0 Å². The van der Waals surface area contributed by atoms with Gasteiger partial charge in [-0.2, -0.15) is 0 Å². The number of rotatable bonds is 13. The van der Waals surface area contributed by atoms with Crippen molar-refractivity contribution in [1.82, 2.24) is 20.4 Å². The molecular formula is C37H59Br4N11S4. The maximum atomic E-state index is 7.21. The van der Waals surface area contributed by atoms with Crippen LogP contribution in [0, 0.1) is 28.6 Å². The van der Waals surface area contributed by atoms with Crippen molar-refractivity contribution in [2.75, 3.05) is 46.3 Å². The molecule has 5 aliphatic rings. The van der Waals surface area contributed by atoms with Gasteiger partial charge in [0.15, 0.2) is 20.7 Å². The highest BCUT2D eigenvalue weighted by atomic mass is 79.9. The molecule has 0 spiro atoms. The largest absolute Gasteiger partial charge is 0.379 e. The topological polar surface area (TPSA) is 181 Å². The van der Waals surface area contributed by atoms with Gasteiger partial charge in [0.25, 0.3) is 0 Å². The van der Waals surface area contributed by atoms with Crippen molar-refractivity contribution < 1.29 is 0 Å².